The average molecular weight is 490 g/mol. The van der Waals surface area contributed by atoms with Crippen LogP contribution in [0.3, 0.4) is 0 Å². The Morgan fingerprint density at radius 3 is 2.67 bits per heavy atom. The number of hydrogen-bond acceptors (Lipinski definition) is 5. The van der Waals surface area contributed by atoms with Crippen molar-refractivity contribution < 1.29 is 23.5 Å². The Morgan fingerprint density at radius 1 is 1.19 bits per heavy atom. The van der Waals surface area contributed by atoms with Gasteiger partial charge in [-0.3, -0.25) is 24.4 Å². The molecule has 0 bridgehead atoms. The number of imide groups is 1. The van der Waals surface area contributed by atoms with Gasteiger partial charge in [-0.15, -0.1) is 0 Å². The molecule has 1 unspecified atom stereocenters. The molecule has 1 N–H and O–H groups in total. The number of halogens is 1. The number of benzene rings is 2. The van der Waals surface area contributed by atoms with Gasteiger partial charge in [-0.1, -0.05) is 24.3 Å². The number of nitrogens with one attached hydrogen (secondary N) is 1. The number of carbonyl (C=O) groups is 3. The molecule has 10 heteroatoms. The fraction of sp³-hybridized carbons (Fsp3) is 0.346. The topological polar surface area (TPSA) is 97.9 Å². The first-order valence-electron chi connectivity index (χ1n) is 11.8. The molecule has 0 saturated carbocycles. The molecule has 36 heavy (non-hydrogen) atoms. The highest BCUT2D eigenvalue weighted by atomic mass is 19.1. The molecule has 0 spiro atoms. The van der Waals surface area contributed by atoms with Gasteiger partial charge in [-0.2, -0.15) is 5.10 Å². The van der Waals surface area contributed by atoms with Crippen LogP contribution in [0.4, 0.5) is 10.1 Å². The summed E-state index contributed by atoms with van der Waals surface area (Å²) in [5.41, 5.74) is 1.50. The minimum absolute atomic E-state index is 0.0394. The Balaban J connectivity index is 1.29. The summed E-state index contributed by atoms with van der Waals surface area (Å²) in [4.78, 5) is 41.6. The molecule has 1 aromatic heterocycles. The molecule has 1 atom stereocenters. The molecule has 0 aliphatic carbocycles. The monoisotopic (exact) mass is 489 g/mol. The number of piperidine rings is 2. The van der Waals surface area contributed by atoms with Gasteiger partial charge < -0.3 is 9.64 Å². The molecule has 2 saturated heterocycles. The lowest BCUT2D eigenvalue weighted by molar-refractivity contribution is -0.134. The van der Waals surface area contributed by atoms with E-state index in [-0.39, 0.29) is 35.6 Å². The van der Waals surface area contributed by atoms with Crippen molar-refractivity contribution >= 4 is 34.3 Å². The highest BCUT2D eigenvalue weighted by molar-refractivity contribution is 6.03. The van der Waals surface area contributed by atoms with E-state index in [1.807, 2.05) is 18.2 Å². The molecular formula is C26H24FN5O4. The van der Waals surface area contributed by atoms with Gasteiger partial charge >= 0.3 is 0 Å². The van der Waals surface area contributed by atoms with Crippen molar-refractivity contribution in [2.75, 3.05) is 13.1 Å². The van der Waals surface area contributed by atoms with Gasteiger partial charge in [0, 0.05) is 44.8 Å². The van der Waals surface area contributed by atoms with Crippen molar-refractivity contribution in [3.63, 3.8) is 0 Å². The molecule has 184 valence electrons. The zero-order valence-electron chi connectivity index (χ0n) is 19.7. The van der Waals surface area contributed by atoms with E-state index in [0.29, 0.717) is 43.8 Å². The lowest BCUT2D eigenvalue weighted by atomic mass is 9.93. The Kier molecular flexibility index (Phi) is 6.14. The number of fused-ring (bicyclic) bond motifs is 1. The number of aromatic nitrogens is 2. The van der Waals surface area contributed by atoms with E-state index < -0.39 is 17.6 Å². The normalized spacial score (nSPS) is 18.7. The van der Waals surface area contributed by atoms with Crippen molar-refractivity contribution in [3.8, 4) is 5.75 Å². The van der Waals surface area contributed by atoms with Gasteiger partial charge in [-0.05, 0) is 18.6 Å². The van der Waals surface area contributed by atoms with Gasteiger partial charge in [0.1, 0.15) is 23.2 Å². The van der Waals surface area contributed by atoms with E-state index in [0.717, 1.165) is 17.0 Å². The number of amides is 3. The van der Waals surface area contributed by atoms with Gasteiger partial charge in [0.15, 0.2) is 5.69 Å². The number of ether oxygens (including phenoxy) is 1. The predicted molar refractivity (Wildman–Crippen MR) is 128 cm³/mol. The van der Waals surface area contributed by atoms with Crippen LogP contribution in [0.2, 0.25) is 0 Å². The molecule has 0 radical (unpaired) electrons. The van der Waals surface area contributed by atoms with E-state index in [4.69, 9.17) is 11.3 Å². The summed E-state index contributed by atoms with van der Waals surface area (Å²) in [5, 5.41) is 7.78. The third-order valence-corrected chi connectivity index (χ3v) is 6.76. The summed E-state index contributed by atoms with van der Waals surface area (Å²) >= 11 is 0. The molecule has 2 aromatic carbocycles. The molecule has 5 rings (SSSR count). The summed E-state index contributed by atoms with van der Waals surface area (Å²) in [6, 6.07) is 9.47. The Bertz CT molecular complexity index is 1420. The Morgan fingerprint density at radius 2 is 1.97 bits per heavy atom. The SMILES string of the molecule is [C-]#[N+]c1ccc(C(=O)N2CCC(Oc3cccc4c(C5CCC(=O)NC5=O)nn(C)c34)CC2)c(F)c1. The van der Waals surface area contributed by atoms with Gasteiger partial charge in [0.05, 0.1) is 23.7 Å². The number of hydrogen-bond donors (Lipinski definition) is 1. The number of nitrogens with zero attached hydrogens (tertiary/aromatic N) is 4. The second-order valence-corrected chi connectivity index (χ2v) is 9.05. The summed E-state index contributed by atoms with van der Waals surface area (Å²) in [7, 11) is 1.79. The number of rotatable bonds is 4. The van der Waals surface area contributed by atoms with Crippen LogP contribution in [0.5, 0.6) is 5.75 Å². The molecule has 3 heterocycles. The summed E-state index contributed by atoms with van der Waals surface area (Å²) in [5.74, 6) is -1.57. The second kappa shape index (κ2) is 9.41. The standard InChI is InChI=1S/C26H24FN5O4/c1-28-15-6-7-17(20(27)14-15)26(35)32-12-10-16(11-13-32)36-21-5-3-4-18-23(30-31(2)24(18)21)19-8-9-22(33)29-25(19)34/h3-7,14,16,19H,8-13H2,2H3,(H,29,33,34). The van der Waals surface area contributed by atoms with E-state index in [1.54, 1.807) is 16.6 Å². The molecule has 2 aliphatic heterocycles. The van der Waals surface area contributed by atoms with Crippen LogP contribution in [-0.4, -0.2) is 51.6 Å². The zero-order chi connectivity index (χ0) is 25.4. The molecule has 3 amide bonds. The van der Waals surface area contributed by atoms with Crippen molar-refractivity contribution in [2.24, 2.45) is 7.05 Å². The number of carbonyl (C=O) groups excluding carboxylic acids is 3. The van der Waals surface area contributed by atoms with Crippen molar-refractivity contribution in [2.45, 2.75) is 37.7 Å². The Labute approximate surface area is 206 Å². The van der Waals surface area contributed by atoms with Gasteiger partial charge in [0.25, 0.3) is 5.91 Å². The van der Waals surface area contributed by atoms with Crippen molar-refractivity contribution in [1.82, 2.24) is 20.0 Å². The zero-order valence-corrected chi connectivity index (χ0v) is 19.7. The molecule has 2 fully saturated rings. The third kappa shape index (κ3) is 4.28. The first-order valence-corrected chi connectivity index (χ1v) is 11.8. The van der Waals surface area contributed by atoms with E-state index in [9.17, 15) is 18.8 Å². The quantitative estimate of drug-likeness (QED) is 0.447. The van der Waals surface area contributed by atoms with E-state index >= 15 is 0 Å². The smallest absolute Gasteiger partial charge is 0.256 e. The molecule has 9 nitrogen and oxygen atoms in total. The maximum Gasteiger partial charge on any atom is 0.256 e. The predicted octanol–water partition coefficient (Wildman–Crippen LogP) is 3.47. The lowest BCUT2D eigenvalue weighted by Crippen LogP contribution is -2.42. The molecular weight excluding hydrogens is 465 g/mol. The Hall–Kier alpha value is -4.26. The number of likely N-dealkylation sites (tertiary alicyclic amines) is 1. The van der Waals surface area contributed by atoms with Crippen molar-refractivity contribution in [3.05, 3.63) is 64.9 Å². The fourth-order valence-electron chi connectivity index (χ4n) is 4.91. The fourth-order valence-corrected chi connectivity index (χ4v) is 4.91. The largest absolute Gasteiger partial charge is 0.488 e. The number of aryl methyl sites for hydroxylation is 1. The summed E-state index contributed by atoms with van der Waals surface area (Å²) < 4.78 is 22.3. The van der Waals surface area contributed by atoms with Crippen LogP contribution in [0.15, 0.2) is 36.4 Å². The van der Waals surface area contributed by atoms with Crippen LogP contribution in [0.1, 0.15) is 47.7 Å². The summed E-state index contributed by atoms with van der Waals surface area (Å²) in [6.07, 6.45) is 1.68. The lowest BCUT2D eigenvalue weighted by Gasteiger charge is -2.32. The van der Waals surface area contributed by atoms with Crippen LogP contribution in [0.25, 0.3) is 15.7 Å². The van der Waals surface area contributed by atoms with Crippen LogP contribution in [-0.2, 0) is 16.6 Å². The maximum absolute atomic E-state index is 14.3. The maximum atomic E-state index is 14.3. The van der Waals surface area contributed by atoms with Crippen LogP contribution >= 0.6 is 0 Å². The second-order valence-electron chi connectivity index (χ2n) is 9.05. The average Bonchev–Trinajstić information content (AvgIpc) is 3.21. The van der Waals surface area contributed by atoms with Gasteiger partial charge in [0.2, 0.25) is 11.8 Å². The van der Waals surface area contributed by atoms with Crippen LogP contribution < -0.4 is 10.1 Å². The van der Waals surface area contributed by atoms with E-state index in [1.165, 1.54) is 12.1 Å². The number of para-hydroxylation sites is 1. The molecule has 3 aromatic rings. The summed E-state index contributed by atoms with van der Waals surface area (Å²) in [6.45, 7) is 7.80. The minimum atomic E-state index is -0.693. The first-order chi connectivity index (χ1) is 17.4. The van der Waals surface area contributed by atoms with Gasteiger partial charge in [-0.25, -0.2) is 9.24 Å². The van der Waals surface area contributed by atoms with Crippen molar-refractivity contribution in [1.29, 1.82) is 0 Å². The van der Waals surface area contributed by atoms with E-state index in [2.05, 4.69) is 15.3 Å². The third-order valence-electron chi connectivity index (χ3n) is 6.76. The minimum Gasteiger partial charge on any atom is -0.488 e. The first kappa shape index (κ1) is 23.5. The molecule has 2 aliphatic rings. The highest BCUT2D eigenvalue weighted by Gasteiger charge is 2.32. The highest BCUT2D eigenvalue weighted by Crippen LogP contribution is 2.35. The van der Waals surface area contributed by atoms with Crippen LogP contribution in [0, 0.1) is 12.4 Å².